The molecule has 21 heavy (non-hydrogen) atoms. The first kappa shape index (κ1) is 19.0. The predicted octanol–water partition coefficient (Wildman–Crippen LogP) is 0.689. The first-order chi connectivity index (χ1) is 9.56. The lowest BCUT2D eigenvalue weighted by Crippen LogP contribution is -2.50. The van der Waals surface area contributed by atoms with Gasteiger partial charge in [0, 0.05) is 13.0 Å². The summed E-state index contributed by atoms with van der Waals surface area (Å²) in [6.45, 7) is -0.0687. The van der Waals surface area contributed by atoms with E-state index in [1.807, 2.05) is 5.32 Å². The maximum absolute atomic E-state index is 12.3. The minimum Gasteiger partial charge on any atom is -0.480 e. The Morgan fingerprint density at radius 2 is 1.90 bits per heavy atom. The Bertz CT molecular complexity index is 387. The zero-order valence-corrected chi connectivity index (χ0v) is 11.4. The van der Waals surface area contributed by atoms with E-state index >= 15 is 0 Å². The number of hydrogen-bond acceptors (Lipinski definition) is 3. The third kappa shape index (κ3) is 8.71. The fraction of sp³-hybridized carbons (Fsp3) is 0.727. The molecular formula is C11H18F3N3O4. The lowest BCUT2D eigenvalue weighted by molar-refractivity contribution is -0.141. The normalized spacial score (nSPS) is 12.6. The lowest BCUT2D eigenvalue weighted by atomic mass is 10.1. The third-order valence-electron chi connectivity index (χ3n) is 2.43. The zero-order valence-electron chi connectivity index (χ0n) is 11.4. The molecule has 0 aromatic carbocycles. The van der Waals surface area contributed by atoms with Crippen LogP contribution < -0.4 is 11.1 Å². The number of primary amides is 1. The van der Waals surface area contributed by atoms with Crippen LogP contribution in [0.4, 0.5) is 18.0 Å². The van der Waals surface area contributed by atoms with E-state index in [4.69, 9.17) is 10.8 Å². The van der Waals surface area contributed by atoms with E-state index in [-0.39, 0.29) is 25.8 Å². The monoisotopic (exact) mass is 313 g/mol. The number of hydrogen-bond donors (Lipinski definition) is 3. The van der Waals surface area contributed by atoms with Gasteiger partial charge < -0.3 is 21.1 Å². The molecule has 0 saturated carbocycles. The summed E-state index contributed by atoms with van der Waals surface area (Å²) in [5, 5.41) is 10.8. The molecule has 1 atom stereocenters. The van der Waals surface area contributed by atoms with Crippen LogP contribution in [-0.2, 0) is 9.59 Å². The second-order valence-electron chi connectivity index (χ2n) is 4.38. The van der Waals surface area contributed by atoms with Crippen molar-refractivity contribution < 1.29 is 32.7 Å². The lowest BCUT2D eigenvalue weighted by Gasteiger charge is -2.25. The number of halogens is 3. The molecule has 10 heteroatoms. The molecule has 0 saturated heterocycles. The third-order valence-corrected chi connectivity index (χ3v) is 2.43. The summed E-state index contributed by atoms with van der Waals surface area (Å²) in [7, 11) is 0. The van der Waals surface area contributed by atoms with Crippen LogP contribution in [0.2, 0.25) is 0 Å². The van der Waals surface area contributed by atoms with Gasteiger partial charge in [0.05, 0.1) is 0 Å². The maximum Gasteiger partial charge on any atom is 0.406 e. The number of carboxylic acid groups (broad SMARTS) is 1. The molecule has 0 fully saturated rings. The summed E-state index contributed by atoms with van der Waals surface area (Å²) >= 11 is 0. The van der Waals surface area contributed by atoms with Crippen LogP contribution in [0.25, 0.3) is 0 Å². The molecule has 0 radical (unpaired) electrons. The minimum absolute atomic E-state index is 0.173. The van der Waals surface area contributed by atoms with Crippen molar-refractivity contribution in [3.63, 3.8) is 0 Å². The summed E-state index contributed by atoms with van der Waals surface area (Å²) < 4.78 is 37.0. The van der Waals surface area contributed by atoms with Gasteiger partial charge in [0.15, 0.2) is 0 Å². The van der Waals surface area contributed by atoms with Crippen LogP contribution >= 0.6 is 0 Å². The SMILES string of the molecule is CCCN(CC(F)(F)F)C(=O)N[C@@H](CCC(N)=O)C(=O)O. The Hall–Kier alpha value is -2.00. The quantitative estimate of drug-likeness (QED) is 0.612. The molecule has 0 aromatic heterocycles. The number of aliphatic carboxylic acids is 1. The molecule has 0 aliphatic carbocycles. The van der Waals surface area contributed by atoms with Crippen molar-refractivity contribution in [2.75, 3.05) is 13.1 Å². The first-order valence-corrected chi connectivity index (χ1v) is 6.20. The van der Waals surface area contributed by atoms with Gasteiger partial charge in [0.2, 0.25) is 5.91 Å². The highest BCUT2D eigenvalue weighted by Gasteiger charge is 2.33. The smallest absolute Gasteiger partial charge is 0.406 e. The second-order valence-corrected chi connectivity index (χ2v) is 4.38. The van der Waals surface area contributed by atoms with Crippen LogP contribution in [-0.4, -0.2) is 53.2 Å². The first-order valence-electron chi connectivity index (χ1n) is 6.20. The summed E-state index contributed by atoms with van der Waals surface area (Å²) in [6.07, 6.45) is -4.90. The topological polar surface area (TPSA) is 113 Å². The predicted molar refractivity (Wildman–Crippen MR) is 66.3 cm³/mol. The standard InChI is InChI=1S/C11H18F3N3O4/c1-2-5-17(6-11(12,13)14)10(21)16-7(9(19)20)3-4-8(15)18/h7H,2-6H2,1H3,(H2,15,18)(H,16,21)(H,19,20)/t7-/m0/s1. The number of urea groups is 1. The summed E-state index contributed by atoms with van der Waals surface area (Å²) in [5.74, 6) is -2.22. The van der Waals surface area contributed by atoms with Gasteiger partial charge in [0.25, 0.3) is 0 Å². The molecule has 3 amide bonds. The summed E-state index contributed by atoms with van der Waals surface area (Å²) in [6, 6.07) is -2.62. The van der Waals surface area contributed by atoms with Crippen molar-refractivity contribution in [2.45, 2.75) is 38.4 Å². The second kappa shape index (κ2) is 8.32. The van der Waals surface area contributed by atoms with Gasteiger partial charge in [-0.3, -0.25) is 4.79 Å². The van der Waals surface area contributed by atoms with E-state index in [0.717, 1.165) is 0 Å². The molecule has 0 aromatic rings. The van der Waals surface area contributed by atoms with Crippen molar-refractivity contribution in [3.8, 4) is 0 Å². The van der Waals surface area contributed by atoms with Crippen LogP contribution in [0.15, 0.2) is 0 Å². The van der Waals surface area contributed by atoms with Crippen LogP contribution in [0, 0.1) is 0 Å². The molecular weight excluding hydrogens is 295 g/mol. The van der Waals surface area contributed by atoms with Gasteiger partial charge in [-0.2, -0.15) is 13.2 Å². The van der Waals surface area contributed by atoms with Crippen molar-refractivity contribution in [1.82, 2.24) is 10.2 Å². The van der Waals surface area contributed by atoms with Crippen LogP contribution in [0.3, 0.4) is 0 Å². The Labute approximate surface area is 119 Å². The largest absolute Gasteiger partial charge is 0.480 e. The summed E-state index contributed by atoms with van der Waals surface area (Å²) in [5.41, 5.74) is 4.86. The fourth-order valence-electron chi connectivity index (χ4n) is 1.52. The number of nitrogens with zero attached hydrogens (tertiary/aromatic N) is 1. The molecule has 0 unspecified atom stereocenters. The van der Waals surface area contributed by atoms with E-state index in [1.165, 1.54) is 0 Å². The number of rotatable bonds is 8. The van der Waals surface area contributed by atoms with E-state index in [2.05, 4.69) is 0 Å². The van der Waals surface area contributed by atoms with Crippen molar-refractivity contribution in [3.05, 3.63) is 0 Å². The Morgan fingerprint density at radius 1 is 1.33 bits per heavy atom. The number of nitrogens with one attached hydrogen (secondary N) is 1. The fourth-order valence-corrected chi connectivity index (χ4v) is 1.52. The van der Waals surface area contributed by atoms with Crippen LogP contribution in [0.1, 0.15) is 26.2 Å². The van der Waals surface area contributed by atoms with Gasteiger partial charge in [0.1, 0.15) is 12.6 Å². The van der Waals surface area contributed by atoms with Crippen molar-refractivity contribution in [2.24, 2.45) is 5.73 Å². The molecule has 0 rings (SSSR count). The minimum atomic E-state index is -4.58. The number of alkyl halides is 3. The molecule has 0 heterocycles. The van der Waals surface area contributed by atoms with Crippen molar-refractivity contribution >= 4 is 17.9 Å². The number of carbonyl (C=O) groups is 3. The van der Waals surface area contributed by atoms with Crippen LogP contribution in [0.5, 0.6) is 0 Å². The zero-order chi connectivity index (χ0) is 16.6. The highest BCUT2D eigenvalue weighted by atomic mass is 19.4. The number of carbonyl (C=O) groups excluding carboxylic acids is 2. The van der Waals surface area contributed by atoms with Gasteiger partial charge in [-0.25, -0.2) is 9.59 Å². The van der Waals surface area contributed by atoms with E-state index < -0.39 is 36.7 Å². The highest BCUT2D eigenvalue weighted by Crippen LogP contribution is 2.17. The van der Waals surface area contributed by atoms with E-state index in [0.29, 0.717) is 4.90 Å². The molecule has 0 aliphatic heterocycles. The maximum atomic E-state index is 12.3. The number of amides is 3. The van der Waals surface area contributed by atoms with Crippen molar-refractivity contribution in [1.29, 1.82) is 0 Å². The number of nitrogens with two attached hydrogens (primary N) is 1. The average molecular weight is 313 g/mol. The molecule has 0 spiro atoms. The molecule has 122 valence electrons. The Kier molecular flexibility index (Phi) is 7.53. The Morgan fingerprint density at radius 3 is 2.29 bits per heavy atom. The highest BCUT2D eigenvalue weighted by molar-refractivity contribution is 5.83. The summed E-state index contributed by atoms with van der Waals surface area (Å²) in [4.78, 5) is 33.7. The van der Waals surface area contributed by atoms with E-state index in [9.17, 15) is 27.6 Å². The van der Waals surface area contributed by atoms with Gasteiger partial charge in [-0.05, 0) is 12.8 Å². The average Bonchev–Trinajstić information content (AvgIpc) is 2.31. The van der Waals surface area contributed by atoms with Gasteiger partial charge in [-0.1, -0.05) is 6.92 Å². The Balaban J connectivity index is 4.74. The molecule has 0 aliphatic rings. The molecule has 0 bridgehead atoms. The van der Waals surface area contributed by atoms with Gasteiger partial charge >= 0.3 is 18.2 Å². The molecule has 7 nitrogen and oxygen atoms in total. The molecule has 4 N–H and O–H groups in total. The van der Waals surface area contributed by atoms with E-state index in [1.54, 1.807) is 6.92 Å². The van der Waals surface area contributed by atoms with Gasteiger partial charge in [-0.15, -0.1) is 0 Å². The number of carboxylic acids is 1.